The first-order valence-electron chi connectivity index (χ1n) is 7.26. The average molecular weight is 289 g/mol. The monoisotopic (exact) mass is 289 g/mol. The van der Waals surface area contributed by atoms with E-state index in [4.69, 9.17) is 4.74 Å². The van der Waals surface area contributed by atoms with Gasteiger partial charge in [0.05, 0.1) is 5.54 Å². The van der Waals surface area contributed by atoms with Crippen LogP contribution >= 0.6 is 11.8 Å². The minimum absolute atomic E-state index is 0.323. The van der Waals surface area contributed by atoms with Crippen molar-refractivity contribution in [3.05, 3.63) is 29.8 Å². The van der Waals surface area contributed by atoms with Crippen LogP contribution in [0.2, 0.25) is 0 Å². The molecule has 1 saturated carbocycles. The Labute approximate surface area is 123 Å². The van der Waals surface area contributed by atoms with Crippen LogP contribution in [-0.2, 0) is 10.3 Å². The molecular weight excluding hydrogens is 270 g/mol. The maximum Gasteiger partial charge on any atom is 0.235 e. The Morgan fingerprint density at radius 3 is 2.90 bits per heavy atom. The quantitative estimate of drug-likeness (QED) is 0.627. The van der Waals surface area contributed by atoms with Crippen LogP contribution < -0.4 is 4.74 Å². The lowest BCUT2D eigenvalue weighted by atomic mass is 9.89. The van der Waals surface area contributed by atoms with Gasteiger partial charge in [0.15, 0.2) is 0 Å². The van der Waals surface area contributed by atoms with Crippen molar-refractivity contribution in [3.8, 4) is 5.75 Å². The molecular formula is C16H19NO2S. The zero-order chi connectivity index (χ0) is 13.8. The van der Waals surface area contributed by atoms with Crippen molar-refractivity contribution in [1.29, 1.82) is 0 Å². The van der Waals surface area contributed by atoms with Crippen molar-refractivity contribution in [3.63, 3.8) is 0 Å². The molecule has 2 aliphatic rings. The van der Waals surface area contributed by atoms with Crippen molar-refractivity contribution < 1.29 is 9.53 Å². The number of nitrogens with zero attached hydrogens (tertiary/aromatic N) is 1. The number of benzene rings is 1. The predicted molar refractivity (Wildman–Crippen MR) is 81.1 cm³/mol. The minimum atomic E-state index is -0.356. The van der Waals surface area contributed by atoms with Crippen LogP contribution in [0.4, 0.5) is 0 Å². The van der Waals surface area contributed by atoms with Crippen LogP contribution in [0.1, 0.15) is 37.7 Å². The first kappa shape index (κ1) is 13.7. The summed E-state index contributed by atoms with van der Waals surface area (Å²) in [5, 5.41) is 0. The largest absolute Gasteiger partial charge is 0.490 e. The second-order valence-corrected chi connectivity index (χ2v) is 6.72. The van der Waals surface area contributed by atoms with Gasteiger partial charge in [0.2, 0.25) is 6.08 Å². The highest BCUT2D eigenvalue weighted by atomic mass is 32.2. The van der Waals surface area contributed by atoms with Gasteiger partial charge in [0.25, 0.3) is 0 Å². The highest BCUT2D eigenvalue weighted by Gasteiger charge is 2.35. The van der Waals surface area contributed by atoms with Gasteiger partial charge in [-0.3, -0.25) is 0 Å². The van der Waals surface area contributed by atoms with E-state index < -0.39 is 0 Å². The average Bonchev–Trinajstić information content (AvgIpc) is 3.12. The summed E-state index contributed by atoms with van der Waals surface area (Å²) in [6.45, 7) is 0. The zero-order valence-corrected chi connectivity index (χ0v) is 12.3. The van der Waals surface area contributed by atoms with Crippen molar-refractivity contribution in [2.75, 3.05) is 11.5 Å². The summed E-state index contributed by atoms with van der Waals surface area (Å²) in [5.74, 6) is 3.16. The van der Waals surface area contributed by atoms with Gasteiger partial charge in [-0.2, -0.15) is 16.8 Å². The second kappa shape index (κ2) is 6.02. The van der Waals surface area contributed by atoms with Gasteiger partial charge in [-0.05, 0) is 42.7 Å². The van der Waals surface area contributed by atoms with Crippen LogP contribution in [0.5, 0.6) is 5.75 Å². The Morgan fingerprint density at radius 1 is 1.35 bits per heavy atom. The molecule has 0 amide bonds. The number of aliphatic imine (C=N–C) groups is 1. The smallest absolute Gasteiger partial charge is 0.235 e. The van der Waals surface area contributed by atoms with E-state index in [1.165, 1.54) is 5.75 Å². The van der Waals surface area contributed by atoms with Crippen LogP contribution in [-0.4, -0.2) is 23.7 Å². The standard InChI is InChI=1S/C16H19NO2S/c18-12-17-16(7-1-2-8-16)13-4-3-5-14(10-13)19-15-6-9-20-11-15/h3-5,10,15H,1-2,6-9,11H2. The molecule has 1 aliphatic heterocycles. The summed E-state index contributed by atoms with van der Waals surface area (Å²) < 4.78 is 6.04. The summed E-state index contributed by atoms with van der Waals surface area (Å²) in [6, 6.07) is 8.13. The molecule has 1 aromatic carbocycles. The van der Waals surface area contributed by atoms with E-state index in [-0.39, 0.29) is 5.54 Å². The number of rotatable bonds is 4. The maximum atomic E-state index is 10.8. The normalized spacial score (nSPS) is 24.3. The lowest BCUT2D eigenvalue weighted by molar-refractivity contribution is 0.228. The fraction of sp³-hybridized carbons (Fsp3) is 0.562. The molecule has 4 heteroatoms. The molecule has 106 valence electrons. The Hall–Kier alpha value is -1.25. The zero-order valence-electron chi connectivity index (χ0n) is 11.5. The van der Waals surface area contributed by atoms with Gasteiger partial charge >= 0.3 is 0 Å². The first-order chi connectivity index (χ1) is 9.82. The van der Waals surface area contributed by atoms with Crippen LogP contribution in [0.25, 0.3) is 0 Å². The van der Waals surface area contributed by atoms with Gasteiger partial charge in [0, 0.05) is 5.75 Å². The molecule has 0 radical (unpaired) electrons. The molecule has 0 N–H and O–H groups in total. The van der Waals surface area contributed by atoms with E-state index in [0.717, 1.165) is 49.2 Å². The van der Waals surface area contributed by atoms with Crippen LogP contribution in [0, 0.1) is 0 Å². The highest BCUT2D eigenvalue weighted by molar-refractivity contribution is 7.99. The third-order valence-electron chi connectivity index (χ3n) is 4.25. The molecule has 0 spiro atoms. The van der Waals surface area contributed by atoms with Gasteiger partial charge in [-0.25, -0.2) is 4.79 Å². The van der Waals surface area contributed by atoms with E-state index in [1.807, 2.05) is 23.9 Å². The van der Waals surface area contributed by atoms with E-state index >= 15 is 0 Å². The number of thioether (sulfide) groups is 1. The van der Waals surface area contributed by atoms with E-state index in [1.54, 1.807) is 6.08 Å². The Balaban J connectivity index is 1.83. The highest BCUT2D eigenvalue weighted by Crippen LogP contribution is 2.43. The van der Waals surface area contributed by atoms with Crippen molar-refractivity contribution in [2.45, 2.75) is 43.7 Å². The summed E-state index contributed by atoms with van der Waals surface area (Å²) in [4.78, 5) is 14.9. The predicted octanol–water partition coefficient (Wildman–Crippen LogP) is 3.68. The molecule has 1 aliphatic carbocycles. The van der Waals surface area contributed by atoms with Crippen LogP contribution in [0.3, 0.4) is 0 Å². The molecule has 20 heavy (non-hydrogen) atoms. The van der Waals surface area contributed by atoms with Gasteiger partial charge in [-0.15, -0.1) is 0 Å². The number of carbonyl (C=O) groups excluding carboxylic acids is 1. The molecule has 1 saturated heterocycles. The Bertz CT molecular complexity index is 513. The Morgan fingerprint density at radius 2 is 2.20 bits per heavy atom. The summed E-state index contributed by atoms with van der Waals surface area (Å²) in [6.07, 6.45) is 7.33. The molecule has 0 bridgehead atoms. The Kier molecular flexibility index (Phi) is 4.13. The minimum Gasteiger partial charge on any atom is -0.490 e. The first-order valence-corrected chi connectivity index (χ1v) is 8.42. The molecule has 3 rings (SSSR count). The summed E-state index contributed by atoms with van der Waals surface area (Å²) >= 11 is 1.94. The molecule has 3 nitrogen and oxygen atoms in total. The van der Waals surface area contributed by atoms with Gasteiger partial charge in [0.1, 0.15) is 11.9 Å². The number of hydrogen-bond donors (Lipinski definition) is 0. The molecule has 1 atom stereocenters. The third-order valence-corrected chi connectivity index (χ3v) is 5.38. The molecule has 0 aromatic heterocycles. The van der Waals surface area contributed by atoms with Crippen molar-refractivity contribution in [1.82, 2.24) is 0 Å². The lowest BCUT2D eigenvalue weighted by Gasteiger charge is -2.24. The maximum absolute atomic E-state index is 10.8. The third kappa shape index (κ3) is 2.77. The summed E-state index contributed by atoms with van der Waals surface area (Å²) in [5.41, 5.74) is 0.743. The number of hydrogen-bond acceptors (Lipinski definition) is 4. The molecule has 1 unspecified atom stereocenters. The fourth-order valence-electron chi connectivity index (χ4n) is 3.17. The fourth-order valence-corrected chi connectivity index (χ4v) is 4.26. The molecule has 1 aromatic rings. The SMILES string of the molecule is O=C=NC1(c2cccc(OC3CCSC3)c2)CCCC1. The number of isocyanates is 1. The molecule has 2 fully saturated rings. The van der Waals surface area contributed by atoms with Gasteiger partial charge < -0.3 is 4.74 Å². The van der Waals surface area contributed by atoms with E-state index in [9.17, 15) is 4.79 Å². The molecule has 1 heterocycles. The van der Waals surface area contributed by atoms with Gasteiger partial charge in [-0.1, -0.05) is 25.0 Å². The van der Waals surface area contributed by atoms with E-state index in [0.29, 0.717) is 6.10 Å². The van der Waals surface area contributed by atoms with Crippen molar-refractivity contribution >= 4 is 17.8 Å². The second-order valence-electron chi connectivity index (χ2n) is 5.57. The van der Waals surface area contributed by atoms with E-state index in [2.05, 4.69) is 17.1 Å². The lowest BCUT2D eigenvalue weighted by Crippen LogP contribution is -2.20. The number of ether oxygens (including phenoxy) is 1. The summed E-state index contributed by atoms with van der Waals surface area (Å²) in [7, 11) is 0. The van der Waals surface area contributed by atoms with Crippen LogP contribution in [0.15, 0.2) is 29.3 Å². The topological polar surface area (TPSA) is 38.7 Å². The van der Waals surface area contributed by atoms with Crippen molar-refractivity contribution in [2.24, 2.45) is 4.99 Å².